The lowest BCUT2D eigenvalue weighted by Crippen LogP contribution is -2.31. The number of rotatable bonds is 5. The molecule has 0 saturated carbocycles. The van der Waals surface area contributed by atoms with E-state index in [2.05, 4.69) is 31.3 Å². The van der Waals surface area contributed by atoms with Gasteiger partial charge in [0, 0.05) is 6.04 Å². The quantitative estimate of drug-likeness (QED) is 0.901. The van der Waals surface area contributed by atoms with E-state index in [-0.39, 0.29) is 5.92 Å². The summed E-state index contributed by atoms with van der Waals surface area (Å²) in [5.74, 6) is 1.46. The summed E-state index contributed by atoms with van der Waals surface area (Å²) in [6.45, 7) is 5.17. The monoisotopic (exact) mass is 281 g/mol. The molecule has 2 rings (SSSR count). The predicted octanol–water partition coefficient (Wildman–Crippen LogP) is 2.41. The molecule has 1 heterocycles. The summed E-state index contributed by atoms with van der Waals surface area (Å²) in [5, 5.41) is 3.55. The third kappa shape index (κ3) is 4.05. The highest BCUT2D eigenvalue weighted by molar-refractivity contribution is 7.91. The van der Waals surface area contributed by atoms with Crippen molar-refractivity contribution in [1.82, 2.24) is 5.32 Å². The lowest BCUT2D eigenvalue weighted by molar-refractivity contribution is 0.381. The van der Waals surface area contributed by atoms with E-state index in [1.54, 1.807) is 0 Å². The molecule has 0 radical (unpaired) electrons. The highest BCUT2D eigenvalue weighted by atomic mass is 32.2. The Morgan fingerprint density at radius 1 is 1.26 bits per heavy atom. The molecule has 1 aromatic carbocycles. The van der Waals surface area contributed by atoms with Crippen molar-refractivity contribution in [3.8, 4) is 0 Å². The number of benzene rings is 1. The normalized spacial score (nSPS) is 23.6. The van der Waals surface area contributed by atoms with Crippen LogP contribution >= 0.6 is 0 Å². The SMILES string of the molecule is CC(C)[C@@H](NC[C@@H]1CCS(=O)(=O)C1)c1ccccc1. The second-order valence-corrected chi connectivity index (χ2v) is 8.04. The minimum atomic E-state index is -2.77. The predicted molar refractivity (Wildman–Crippen MR) is 78.8 cm³/mol. The molecule has 1 aliphatic rings. The fourth-order valence-electron chi connectivity index (χ4n) is 2.73. The summed E-state index contributed by atoms with van der Waals surface area (Å²) in [7, 11) is -2.77. The molecule has 0 aliphatic carbocycles. The zero-order valence-electron chi connectivity index (χ0n) is 11.7. The Balaban J connectivity index is 1.96. The van der Waals surface area contributed by atoms with Crippen LogP contribution in [0.1, 0.15) is 31.9 Å². The molecule has 1 aromatic rings. The van der Waals surface area contributed by atoms with Crippen molar-refractivity contribution in [2.24, 2.45) is 11.8 Å². The number of nitrogens with one attached hydrogen (secondary N) is 1. The molecule has 19 heavy (non-hydrogen) atoms. The topological polar surface area (TPSA) is 46.2 Å². The first-order valence-electron chi connectivity index (χ1n) is 6.97. The van der Waals surface area contributed by atoms with Gasteiger partial charge in [-0.3, -0.25) is 0 Å². The van der Waals surface area contributed by atoms with Crippen molar-refractivity contribution in [2.75, 3.05) is 18.1 Å². The van der Waals surface area contributed by atoms with Gasteiger partial charge in [-0.1, -0.05) is 44.2 Å². The van der Waals surface area contributed by atoms with Gasteiger partial charge >= 0.3 is 0 Å². The molecule has 1 saturated heterocycles. The van der Waals surface area contributed by atoms with Gasteiger partial charge in [-0.05, 0) is 30.4 Å². The van der Waals surface area contributed by atoms with Crippen LogP contribution in [-0.2, 0) is 9.84 Å². The lowest BCUT2D eigenvalue weighted by atomic mass is 9.95. The maximum Gasteiger partial charge on any atom is 0.150 e. The van der Waals surface area contributed by atoms with Gasteiger partial charge < -0.3 is 5.32 Å². The molecule has 106 valence electrons. The first-order chi connectivity index (χ1) is 8.98. The number of hydrogen-bond donors (Lipinski definition) is 1. The van der Waals surface area contributed by atoms with Gasteiger partial charge in [-0.25, -0.2) is 8.42 Å². The fourth-order valence-corrected chi connectivity index (χ4v) is 4.59. The van der Waals surface area contributed by atoms with E-state index in [1.165, 1.54) is 5.56 Å². The molecule has 0 amide bonds. The summed E-state index contributed by atoms with van der Waals surface area (Å²) in [4.78, 5) is 0. The van der Waals surface area contributed by atoms with Crippen LogP contribution in [-0.4, -0.2) is 26.5 Å². The standard InChI is InChI=1S/C15H23NO2S/c1-12(2)15(14-6-4-3-5-7-14)16-10-13-8-9-19(17,18)11-13/h3-7,12-13,15-16H,8-11H2,1-2H3/t13-,15+/m0/s1. The first kappa shape index (κ1) is 14.5. The van der Waals surface area contributed by atoms with Crippen LogP contribution < -0.4 is 5.32 Å². The van der Waals surface area contributed by atoms with Crippen LogP contribution in [0, 0.1) is 11.8 Å². The molecule has 0 unspecified atom stereocenters. The molecule has 1 N–H and O–H groups in total. The Bertz CT molecular complexity index is 496. The summed E-state index contributed by atoms with van der Waals surface area (Å²) in [6.07, 6.45) is 0.801. The molecule has 3 nitrogen and oxygen atoms in total. The van der Waals surface area contributed by atoms with E-state index in [0.29, 0.717) is 23.5 Å². The second-order valence-electron chi connectivity index (χ2n) is 5.81. The summed E-state index contributed by atoms with van der Waals surface area (Å²) < 4.78 is 22.9. The lowest BCUT2D eigenvalue weighted by Gasteiger charge is -2.24. The molecule has 0 bridgehead atoms. The molecular weight excluding hydrogens is 258 g/mol. The van der Waals surface area contributed by atoms with Crippen LogP contribution in [0.4, 0.5) is 0 Å². The molecule has 0 spiro atoms. The van der Waals surface area contributed by atoms with Crippen LogP contribution in [0.3, 0.4) is 0 Å². The Hall–Kier alpha value is -0.870. The van der Waals surface area contributed by atoms with Gasteiger partial charge in [0.25, 0.3) is 0 Å². The number of hydrogen-bond acceptors (Lipinski definition) is 3. The van der Waals surface area contributed by atoms with Gasteiger partial charge in [0.05, 0.1) is 11.5 Å². The van der Waals surface area contributed by atoms with Gasteiger partial charge in [-0.15, -0.1) is 0 Å². The molecule has 4 heteroatoms. The summed E-state index contributed by atoms with van der Waals surface area (Å²) >= 11 is 0. The van der Waals surface area contributed by atoms with E-state index < -0.39 is 9.84 Å². The van der Waals surface area contributed by atoms with Gasteiger partial charge in [-0.2, -0.15) is 0 Å². The third-order valence-corrected chi connectivity index (χ3v) is 5.62. The smallest absolute Gasteiger partial charge is 0.150 e. The summed E-state index contributed by atoms with van der Waals surface area (Å²) in [6, 6.07) is 10.7. The Morgan fingerprint density at radius 3 is 2.47 bits per heavy atom. The minimum Gasteiger partial charge on any atom is -0.309 e. The van der Waals surface area contributed by atoms with E-state index in [1.807, 2.05) is 18.2 Å². The first-order valence-corrected chi connectivity index (χ1v) is 8.79. The average Bonchev–Trinajstić information content (AvgIpc) is 2.70. The van der Waals surface area contributed by atoms with Gasteiger partial charge in [0.1, 0.15) is 0 Å². The Kier molecular flexibility index (Phi) is 4.63. The zero-order chi connectivity index (χ0) is 13.9. The van der Waals surface area contributed by atoms with Crippen LogP contribution in [0.15, 0.2) is 30.3 Å². The number of sulfone groups is 1. The highest BCUT2D eigenvalue weighted by Gasteiger charge is 2.28. The highest BCUT2D eigenvalue weighted by Crippen LogP contribution is 2.23. The maximum atomic E-state index is 11.5. The Morgan fingerprint density at radius 2 is 1.95 bits per heavy atom. The average molecular weight is 281 g/mol. The zero-order valence-corrected chi connectivity index (χ0v) is 12.5. The Labute approximate surface area is 116 Å². The van der Waals surface area contributed by atoms with E-state index in [0.717, 1.165) is 13.0 Å². The largest absolute Gasteiger partial charge is 0.309 e. The molecule has 1 aliphatic heterocycles. The maximum absolute atomic E-state index is 11.5. The van der Waals surface area contributed by atoms with Gasteiger partial charge in [0.2, 0.25) is 0 Å². The van der Waals surface area contributed by atoms with E-state index >= 15 is 0 Å². The molecule has 2 atom stereocenters. The third-order valence-electron chi connectivity index (χ3n) is 3.78. The van der Waals surface area contributed by atoms with Crippen molar-refractivity contribution in [1.29, 1.82) is 0 Å². The molecular formula is C15H23NO2S. The summed E-state index contributed by atoms with van der Waals surface area (Å²) in [5.41, 5.74) is 1.28. The molecule has 1 fully saturated rings. The van der Waals surface area contributed by atoms with Crippen molar-refractivity contribution in [2.45, 2.75) is 26.3 Å². The van der Waals surface area contributed by atoms with E-state index in [9.17, 15) is 8.42 Å². The fraction of sp³-hybridized carbons (Fsp3) is 0.600. The van der Waals surface area contributed by atoms with Crippen molar-refractivity contribution in [3.63, 3.8) is 0 Å². The van der Waals surface area contributed by atoms with Crippen molar-refractivity contribution < 1.29 is 8.42 Å². The minimum absolute atomic E-state index is 0.273. The van der Waals surface area contributed by atoms with Crippen molar-refractivity contribution in [3.05, 3.63) is 35.9 Å². The van der Waals surface area contributed by atoms with Gasteiger partial charge in [0.15, 0.2) is 9.84 Å². The second kappa shape index (κ2) is 6.06. The van der Waals surface area contributed by atoms with Crippen LogP contribution in [0.5, 0.6) is 0 Å². The van der Waals surface area contributed by atoms with Crippen LogP contribution in [0.2, 0.25) is 0 Å². The van der Waals surface area contributed by atoms with Crippen LogP contribution in [0.25, 0.3) is 0 Å². The van der Waals surface area contributed by atoms with E-state index in [4.69, 9.17) is 0 Å². The molecule has 0 aromatic heterocycles. The van der Waals surface area contributed by atoms with Crippen molar-refractivity contribution >= 4 is 9.84 Å².